The molecule has 0 aromatic carbocycles. The van der Waals surface area contributed by atoms with Crippen molar-refractivity contribution in [3.05, 3.63) is 18.2 Å². The Labute approximate surface area is 97.8 Å². The van der Waals surface area contributed by atoms with Crippen LogP contribution in [0.3, 0.4) is 0 Å². The van der Waals surface area contributed by atoms with Crippen molar-refractivity contribution in [1.82, 2.24) is 9.55 Å². The van der Waals surface area contributed by atoms with Gasteiger partial charge in [0.25, 0.3) is 0 Å². The smallest absolute Gasteiger partial charge is 0.0952 e. The Balaban J connectivity index is 3.05. The highest BCUT2D eigenvalue weighted by atomic mass is 16.5. The van der Waals surface area contributed by atoms with E-state index in [4.69, 9.17) is 10.5 Å². The zero-order chi connectivity index (χ0) is 12.3. The molecule has 92 valence electrons. The molecule has 16 heavy (non-hydrogen) atoms. The lowest BCUT2D eigenvalue weighted by Crippen LogP contribution is -2.34. The van der Waals surface area contributed by atoms with Crippen LogP contribution in [0.1, 0.15) is 39.4 Å². The number of aromatic nitrogens is 2. The van der Waals surface area contributed by atoms with Crippen LogP contribution in [-0.4, -0.2) is 23.3 Å². The number of methoxy groups -OCH3 is 1. The summed E-state index contributed by atoms with van der Waals surface area (Å²) in [6.07, 6.45) is 3.68. The molecule has 1 aromatic rings. The molecule has 0 bridgehead atoms. The third-order valence-electron chi connectivity index (χ3n) is 2.79. The Bertz CT molecular complexity index is 325. The van der Waals surface area contributed by atoms with Crippen LogP contribution in [0.15, 0.2) is 12.5 Å². The van der Waals surface area contributed by atoms with Crippen LogP contribution in [-0.2, 0) is 10.3 Å². The van der Waals surface area contributed by atoms with Crippen molar-refractivity contribution in [1.29, 1.82) is 0 Å². The first-order valence-corrected chi connectivity index (χ1v) is 5.68. The van der Waals surface area contributed by atoms with E-state index in [1.807, 2.05) is 26.4 Å². The topological polar surface area (TPSA) is 53.1 Å². The van der Waals surface area contributed by atoms with Gasteiger partial charge >= 0.3 is 0 Å². The first kappa shape index (κ1) is 13.2. The molecule has 0 saturated carbocycles. The van der Waals surface area contributed by atoms with Gasteiger partial charge in [0, 0.05) is 13.3 Å². The minimum atomic E-state index is -0.378. The molecule has 0 radical (unpaired) electrons. The van der Waals surface area contributed by atoms with E-state index in [2.05, 4.69) is 23.4 Å². The predicted octanol–water partition coefficient (Wildman–Crippen LogP) is 1.92. The van der Waals surface area contributed by atoms with Gasteiger partial charge in [0.2, 0.25) is 0 Å². The highest BCUT2D eigenvalue weighted by Crippen LogP contribution is 2.25. The second-order valence-corrected chi connectivity index (χ2v) is 5.17. The van der Waals surface area contributed by atoms with E-state index in [1.54, 1.807) is 7.11 Å². The van der Waals surface area contributed by atoms with Gasteiger partial charge in [0.15, 0.2) is 0 Å². The van der Waals surface area contributed by atoms with E-state index in [9.17, 15) is 0 Å². The summed E-state index contributed by atoms with van der Waals surface area (Å²) in [6.45, 7) is 9.01. The maximum atomic E-state index is 6.13. The molecule has 0 spiro atoms. The van der Waals surface area contributed by atoms with Gasteiger partial charge in [-0.05, 0) is 19.8 Å². The minimum absolute atomic E-state index is 0.283. The summed E-state index contributed by atoms with van der Waals surface area (Å²) in [4.78, 5) is 4.20. The molecule has 1 aromatic heterocycles. The lowest BCUT2D eigenvalue weighted by atomic mass is 9.99. The third-order valence-corrected chi connectivity index (χ3v) is 2.79. The monoisotopic (exact) mass is 225 g/mol. The first-order valence-electron chi connectivity index (χ1n) is 5.68. The molecule has 0 saturated heterocycles. The summed E-state index contributed by atoms with van der Waals surface area (Å²) in [5.41, 5.74) is 6.80. The number of nitrogens with zero attached hydrogens (tertiary/aromatic N) is 2. The lowest BCUT2D eigenvalue weighted by molar-refractivity contribution is 0.130. The highest BCUT2D eigenvalue weighted by molar-refractivity contribution is 5.11. The second-order valence-electron chi connectivity index (χ2n) is 5.17. The maximum absolute atomic E-state index is 6.13. The van der Waals surface area contributed by atoms with Crippen LogP contribution in [0.25, 0.3) is 0 Å². The summed E-state index contributed by atoms with van der Waals surface area (Å²) in [7, 11) is 1.72. The average Bonchev–Trinajstić information content (AvgIpc) is 2.60. The van der Waals surface area contributed by atoms with Crippen molar-refractivity contribution in [2.75, 3.05) is 13.7 Å². The number of imidazole rings is 1. The van der Waals surface area contributed by atoms with Gasteiger partial charge < -0.3 is 15.0 Å². The molecule has 1 rings (SSSR count). The van der Waals surface area contributed by atoms with Gasteiger partial charge in [-0.3, -0.25) is 0 Å². The SMILES string of the molecule is COCC(C(C)C)n1cncc1C(C)(C)N. The van der Waals surface area contributed by atoms with Crippen molar-refractivity contribution in [3.8, 4) is 0 Å². The minimum Gasteiger partial charge on any atom is -0.383 e. The summed E-state index contributed by atoms with van der Waals surface area (Å²) in [5.74, 6) is 0.482. The Hall–Kier alpha value is -0.870. The molecule has 1 atom stereocenters. The third kappa shape index (κ3) is 2.83. The lowest BCUT2D eigenvalue weighted by Gasteiger charge is -2.28. The van der Waals surface area contributed by atoms with E-state index < -0.39 is 0 Å². The molecule has 0 fully saturated rings. The van der Waals surface area contributed by atoms with E-state index >= 15 is 0 Å². The van der Waals surface area contributed by atoms with Crippen LogP contribution >= 0.6 is 0 Å². The van der Waals surface area contributed by atoms with Gasteiger partial charge in [-0.15, -0.1) is 0 Å². The quantitative estimate of drug-likeness (QED) is 0.833. The predicted molar refractivity (Wildman–Crippen MR) is 65.2 cm³/mol. The van der Waals surface area contributed by atoms with Crippen LogP contribution in [0.2, 0.25) is 0 Å². The molecular formula is C12H23N3O. The van der Waals surface area contributed by atoms with Crippen LogP contribution < -0.4 is 5.73 Å². The Morgan fingerprint density at radius 2 is 2.12 bits per heavy atom. The van der Waals surface area contributed by atoms with E-state index in [1.165, 1.54) is 0 Å². The molecular weight excluding hydrogens is 202 g/mol. The molecule has 4 heteroatoms. The molecule has 2 N–H and O–H groups in total. The van der Waals surface area contributed by atoms with Crippen LogP contribution in [0, 0.1) is 5.92 Å². The van der Waals surface area contributed by atoms with Crippen molar-refractivity contribution in [3.63, 3.8) is 0 Å². The normalized spacial score (nSPS) is 14.4. The molecule has 0 aliphatic rings. The summed E-state index contributed by atoms with van der Waals surface area (Å²) >= 11 is 0. The Morgan fingerprint density at radius 1 is 1.50 bits per heavy atom. The number of hydrogen-bond donors (Lipinski definition) is 1. The van der Waals surface area contributed by atoms with Crippen molar-refractivity contribution in [2.24, 2.45) is 11.7 Å². The molecule has 1 unspecified atom stereocenters. The average molecular weight is 225 g/mol. The summed E-state index contributed by atoms with van der Waals surface area (Å²) < 4.78 is 7.40. The Kier molecular flexibility index (Phi) is 4.10. The zero-order valence-electron chi connectivity index (χ0n) is 10.9. The number of ether oxygens (including phenoxy) is 1. The number of nitrogens with two attached hydrogens (primary N) is 1. The fraction of sp³-hybridized carbons (Fsp3) is 0.750. The second kappa shape index (κ2) is 4.97. The maximum Gasteiger partial charge on any atom is 0.0952 e. The fourth-order valence-corrected chi connectivity index (χ4v) is 1.83. The molecule has 0 aliphatic heterocycles. The van der Waals surface area contributed by atoms with Gasteiger partial charge in [0.1, 0.15) is 0 Å². The largest absolute Gasteiger partial charge is 0.383 e. The van der Waals surface area contributed by atoms with Gasteiger partial charge in [-0.2, -0.15) is 0 Å². The zero-order valence-corrected chi connectivity index (χ0v) is 10.9. The van der Waals surface area contributed by atoms with E-state index in [0.717, 1.165) is 5.69 Å². The summed E-state index contributed by atoms with van der Waals surface area (Å²) in [5, 5.41) is 0. The van der Waals surface area contributed by atoms with E-state index in [0.29, 0.717) is 12.5 Å². The van der Waals surface area contributed by atoms with Crippen molar-refractivity contribution < 1.29 is 4.74 Å². The first-order chi connectivity index (χ1) is 7.38. The van der Waals surface area contributed by atoms with E-state index in [-0.39, 0.29) is 11.6 Å². The molecule has 1 heterocycles. The van der Waals surface area contributed by atoms with Gasteiger partial charge in [-0.25, -0.2) is 4.98 Å². The number of hydrogen-bond acceptors (Lipinski definition) is 3. The van der Waals surface area contributed by atoms with Crippen LogP contribution in [0.5, 0.6) is 0 Å². The van der Waals surface area contributed by atoms with Gasteiger partial charge in [0.05, 0.1) is 30.2 Å². The van der Waals surface area contributed by atoms with Crippen molar-refractivity contribution in [2.45, 2.75) is 39.3 Å². The summed E-state index contributed by atoms with van der Waals surface area (Å²) in [6, 6.07) is 0.283. The molecule has 0 aliphatic carbocycles. The highest BCUT2D eigenvalue weighted by Gasteiger charge is 2.24. The van der Waals surface area contributed by atoms with Crippen LogP contribution in [0.4, 0.5) is 0 Å². The Morgan fingerprint density at radius 3 is 2.56 bits per heavy atom. The van der Waals surface area contributed by atoms with Crippen molar-refractivity contribution >= 4 is 0 Å². The fourth-order valence-electron chi connectivity index (χ4n) is 1.83. The number of rotatable bonds is 5. The standard InChI is InChI=1S/C12H23N3O/c1-9(2)10(7-16-5)15-8-14-6-11(15)12(3,4)13/h6,8-10H,7,13H2,1-5H3. The van der Waals surface area contributed by atoms with Gasteiger partial charge in [-0.1, -0.05) is 13.8 Å². The molecule has 0 amide bonds. The molecule has 4 nitrogen and oxygen atoms in total.